The van der Waals surface area contributed by atoms with Crippen molar-refractivity contribution in [2.45, 2.75) is 6.54 Å². The molecule has 1 heterocycles. The van der Waals surface area contributed by atoms with E-state index in [-0.39, 0.29) is 24.0 Å². The number of rotatable bonds is 7. The summed E-state index contributed by atoms with van der Waals surface area (Å²) < 4.78 is 11.1. The summed E-state index contributed by atoms with van der Waals surface area (Å²) in [6.45, 7) is 0.152. The third-order valence-corrected chi connectivity index (χ3v) is 4.37. The summed E-state index contributed by atoms with van der Waals surface area (Å²) in [6.07, 6.45) is 0. The molecule has 2 aromatic rings. The molecule has 1 amide bonds. The van der Waals surface area contributed by atoms with E-state index < -0.39 is 4.92 Å². The van der Waals surface area contributed by atoms with Crippen LogP contribution in [0.3, 0.4) is 0 Å². The standard InChI is InChI=1S/C15H15ClN2O5S/c1-17(8-11-4-6-14(16)24-11)15(19)9-23-13-7-10(18(20)21)3-5-12(13)22-2/h3-7H,8-9H2,1-2H3. The second kappa shape index (κ2) is 7.98. The lowest BCUT2D eigenvalue weighted by Crippen LogP contribution is -2.30. The van der Waals surface area contributed by atoms with Gasteiger partial charge in [-0.2, -0.15) is 0 Å². The highest BCUT2D eigenvalue weighted by Gasteiger charge is 2.16. The second-order valence-corrected chi connectivity index (χ2v) is 6.64. The summed E-state index contributed by atoms with van der Waals surface area (Å²) in [4.78, 5) is 24.9. The molecule has 0 N–H and O–H groups in total. The van der Waals surface area contributed by atoms with Crippen LogP contribution in [0.1, 0.15) is 4.88 Å². The first kappa shape index (κ1) is 18.0. The average Bonchev–Trinajstić information content (AvgIpc) is 2.96. The quantitative estimate of drug-likeness (QED) is 0.551. The number of hydrogen-bond acceptors (Lipinski definition) is 6. The van der Waals surface area contributed by atoms with Crippen LogP contribution >= 0.6 is 22.9 Å². The summed E-state index contributed by atoms with van der Waals surface area (Å²) in [5.41, 5.74) is -0.139. The molecule has 0 aliphatic rings. The van der Waals surface area contributed by atoms with Crippen LogP contribution in [-0.4, -0.2) is 36.5 Å². The molecule has 7 nitrogen and oxygen atoms in total. The number of ether oxygens (including phenoxy) is 2. The fourth-order valence-electron chi connectivity index (χ4n) is 1.90. The number of carbonyl (C=O) groups is 1. The number of nitrogens with zero attached hydrogens (tertiary/aromatic N) is 2. The Bertz CT molecular complexity index is 749. The zero-order valence-electron chi connectivity index (χ0n) is 13.0. The summed E-state index contributed by atoms with van der Waals surface area (Å²) in [5.74, 6) is 0.196. The molecule has 0 saturated carbocycles. The highest BCUT2D eigenvalue weighted by atomic mass is 35.5. The van der Waals surface area contributed by atoms with Gasteiger partial charge < -0.3 is 14.4 Å². The van der Waals surface area contributed by atoms with Crippen LogP contribution in [0.15, 0.2) is 30.3 Å². The number of thiophene rings is 1. The Kier molecular flexibility index (Phi) is 5.99. The highest BCUT2D eigenvalue weighted by Crippen LogP contribution is 2.31. The van der Waals surface area contributed by atoms with Crippen molar-refractivity contribution < 1.29 is 19.2 Å². The van der Waals surface area contributed by atoms with Gasteiger partial charge in [-0.15, -0.1) is 11.3 Å². The van der Waals surface area contributed by atoms with E-state index in [1.165, 1.54) is 41.5 Å². The van der Waals surface area contributed by atoms with Gasteiger partial charge in [-0.1, -0.05) is 11.6 Å². The predicted octanol–water partition coefficient (Wildman–Crippen LogP) is 3.36. The van der Waals surface area contributed by atoms with Gasteiger partial charge in [-0.05, 0) is 18.2 Å². The molecular weight excluding hydrogens is 356 g/mol. The molecule has 0 bridgehead atoms. The largest absolute Gasteiger partial charge is 0.493 e. The fraction of sp³-hybridized carbons (Fsp3) is 0.267. The lowest BCUT2D eigenvalue weighted by Gasteiger charge is -2.17. The van der Waals surface area contributed by atoms with Gasteiger partial charge in [0.15, 0.2) is 18.1 Å². The number of halogens is 1. The van der Waals surface area contributed by atoms with Gasteiger partial charge in [-0.25, -0.2) is 0 Å². The number of non-ortho nitro benzene ring substituents is 1. The van der Waals surface area contributed by atoms with Crippen molar-refractivity contribution >= 4 is 34.5 Å². The van der Waals surface area contributed by atoms with E-state index in [9.17, 15) is 14.9 Å². The number of methoxy groups -OCH3 is 1. The zero-order chi connectivity index (χ0) is 17.7. The monoisotopic (exact) mass is 370 g/mol. The number of hydrogen-bond donors (Lipinski definition) is 0. The van der Waals surface area contributed by atoms with Gasteiger partial charge in [0.2, 0.25) is 0 Å². The molecule has 0 radical (unpaired) electrons. The van der Waals surface area contributed by atoms with E-state index in [4.69, 9.17) is 21.1 Å². The maximum Gasteiger partial charge on any atom is 0.273 e. The Morgan fingerprint density at radius 2 is 2.08 bits per heavy atom. The summed E-state index contributed by atoms with van der Waals surface area (Å²) >= 11 is 7.25. The lowest BCUT2D eigenvalue weighted by atomic mass is 10.3. The Labute approximate surface area is 147 Å². The Balaban J connectivity index is 2.00. The number of benzene rings is 1. The molecule has 0 aliphatic heterocycles. The topological polar surface area (TPSA) is 81.9 Å². The minimum absolute atomic E-state index is 0.139. The molecule has 24 heavy (non-hydrogen) atoms. The summed E-state index contributed by atoms with van der Waals surface area (Å²) in [5, 5.41) is 10.8. The first-order valence-corrected chi connectivity index (χ1v) is 8.03. The fourth-order valence-corrected chi connectivity index (χ4v) is 3.04. The molecule has 0 aliphatic carbocycles. The van der Waals surface area contributed by atoms with Crippen LogP contribution in [0, 0.1) is 10.1 Å². The molecule has 2 rings (SSSR count). The van der Waals surface area contributed by atoms with E-state index >= 15 is 0 Å². The smallest absolute Gasteiger partial charge is 0.273 e. The van der Waals surface area contributed by atoms with Gasteiger partial charge >= 0.3 is 0 Å². The third-order valence-electron chi connectivity index (χ3n) is 3.16. The number of amides is 1. The van der Waals surface area contributed by atoms with Crippen molar-refractivity contribution in [2.75, 3.05) is 20.8 Å². The van der Waals surface area contributed by atoms with Crippen LogP contribution in [0.25, 0.3) is 0 Å². The van der Waals surface area contributed by atoms with E-state index in [2.05, 4.69) is 0 Å². The van der Waals surface area contributed by atoms with Crippen molar-refractivity contribution in [1.82, 2.24) is 4.90 Å². The normalized spacial score (nSPS) is 10.3. The minimum Gasteiger partial charge on any atom is -0.493 e. The predicted molar refractivity (Wildman–Crippen MR) is 90.9 cm³/mol. The number of likely N-dealkylation sites (N-methyl/N-ethyl adjacent to an activating group) is 1. The lowest BCUT2D eigenvalue weighted by molar-refractivity contribution is -0.385. The molecule has 0 spiro atoms. The van der Waals surface area contributed by atoms with E-state index in [0.29, 0.717) is 16.6 Å². The Hall–Kier alpha value is -2.32. The first-order valence-electron chi connectivity index (χ1n) is 6.84. The Morgan fingerprint density at radius 1 is 1.33 bits per heavy atom. The molecular formula is C15H15ClN2O5S. The van der Waals surface area contributed by atoms with Gasteiger partial charge in [0, 0.05) is 18.0 Å². The summed E-state index contributed by atoms with van der Waals surface area (Å²) in [7, 11) is 3.06. The Morgan fingerprint density at radius 3 is 2.67 bits per heavy atom. The maximum absolute atomic E-state index is 12.1. The van der Waals surface area contributed by atoms with Gasteiger partial charge in [-0.3, -0.25) is 14.9 Å². The van der Waals surface area contributed by atoms with Crippen LogP contribution in [0.2, 0.25) is 4.34 Å². The van der Waals surface area contributed by atoms with Crippen LogP contribution < -0.4 is 9.47 Å². The molecule has 128 valence electrons. The number of nitro benzene ring substituents is 1. The second-order valence-electron chi connectivity index (χ2n) is 4.84. The number of nitro groups is 1. The van der Waals surface area contributed by atoms with Gasteiger partial charge in [0.05, 0.1) is 29.0 Å². The van der Waals surface area contributed by atoms with Crippen LogP contribution in [0.5, 0.6) is 11.5 Å². The highest BCUT2D eigenvalue weighted by molar-refractivity contribution is 7.16. The van der Waals surface area contributed by atoms with Crippen molar-refractivity contribution in [2.24, 2.45) is 0 Å². The molecule has 1 aromatic heterocycles. The van der Waals surface area contributed by atoms with Crippen LogP contribution in [0.4, 0.5) is 5.69 Å². The molecule has 0 unspecified atom stereocenters. The molecule has 1 aromatic carbocycles. The van der Waals surface area contributed by atoms with Crippen molar-refractivity contribution in [3.05, 3.63) is 49.7 Å². The molecule has 0 atom stereocenters. The molecule has 9 heteroatoms. The molecule has 0 fully saturated rings. The van der Waals surface area contributed by atoms with Crippen molar-refractivity contribution in [3.63, 3.8) is 0 Å². The van der Waals surface area contributed by atoms with Gasteiger partial charge in [0.25, 0.3) is 11.6 Å². The SMILES string of the molecule is COc1ccc([N+](=O)[O-])cc1OCC(=O)N(C)Cc1ccc(Cl)s1. The first-order chi connectivity index (χ1) is 11.4. The van der Waals surface area contributed by atoms with E-state index in [1.54, 1.807) is 13.1 Å². The van der Waals surface area contributed by atoms with Crippen molar-refractivity contribution in [3.8, 4) is 11.5 Å². The van der Waals surface area contributed by atoms with Gasteiger partial charge in [0.1, 0.15) is 0 Å². The molecule has 0 saturated heterocycles. The minimum atomic E-state index is -0.541. The van der Waals surface area contributed by atoms with Crippen LogP contribution in [-0.2, 0) is 11.3 Å². The average molecular weight is 371 g/mol. The summed E-state index contributed by atoms with van der Waals surface area (Å²) in [6, 6.07) is 7.58. The third kappa shape index (κ3) is 4.59. The zero-order valence-corrected chi connectivity index (χ0v) is 14.6. The van der Waals surface area contributed by atoms with Crippen molar-refractivity contribution in [1.29, 1.82) is 0 Å². The van der Waals surface area contributed by atoms with E-state index in [1.807, 2.05) is 6.07 Å². The maximum atomic E-state index is 12.1. The van der Waals surface area contributed by atoms with E-state index in [0.717, 1.165) is 4.88 Å². The number of carbonyl (C=O) groups excluding carboxylic acids is 1.